The zero-order valence-electron chi connectivity index (χ0n) is 9.24. The van der Waals surface area contributed by atoms with Crippen LogP contribution in [0.2, 0.25) is 4.34 Å². The standard InChI is InChI=1S/C13H11ClO2S/c1-2-9-10(13(15)16)12(14)17-11(9)8-6-4-3-5-7-8/h3-7H,2H2,1H3,(H,15,16). The van der Waals surface area contributed by atoms with Crippen molar-refractivity contribution < 1.29 is 9.90 Å². The van der Waals surface area contributed by atoms with Crippen molar-refractivity contribution >= 4 is 28.9 Å². The predicted molar refractivity (Wildman–Crippen MR) is 71.1 cm³/mol. The Hall–Kier alpha value is -1.32. The first-order valence-electron chi connectivity index (χ1n) is 5.25. The fourth-order valence-corrected chi connectivity index (χ4v) is 3.35. The molecule has 1 aromatic heterocycles. The number of halogens is 1. The third-order valence-corrected chi connectivity index (χ3v) is 4.06. The van der Waals surface area contributed by atoms with Crippen molar-refractivity contribution in [3.05, 3.63) is 45.8 Å². The molecule has 2 rings (SSSR count). The summed E-state index contributed by atoms with van der Waals surface area (Å²) in [5.74, 6) is -0.953. The van der Waals surface area contributed by atoms with Gasteiger partial charge in [0.25, 0.3) is 0 Å². The van der Waals surface area contributed by atoms with Crippen LogP contribution in [0.15, 0.2) is 30.3 Å². The molecule has 0 fully saturated rings. The van der Waals surface area contributed by atoms with Crippen molar-refractivity contribution in [1.82, 2.24) is 0 Å². The molecular weight excluding hydrogens is 256 g/mol. The summed E-state index contributed by atoms with van der Waals surface area (Å²) in [6.07, 6.45) is 0.662. The van der Waals surface area contributed by atoms with Gasteiger partial charge in [-0.2, -0.15) is 0 Å². The Morgan fingerprint density at radius 1 is 1.35 bits per heavy atom. The molecule has 1 N–H and O–H groups in total. The van der Waals surface area contributed by atoms with Gasteiger partial charge in [-0.1, -0.05) is 48.9 Å². The summed E-state index contributed by atoms with van der Waals surface area (Å²) in [6.45, 7) is 1.94. The number of benzene rings is 1. The summed E-state index contributed by atoms with van der Waals surface area (Å²) < 4.78 is 0.355. The molecule has 1 aromatic carbocycles. The zero-order valence-corrected chi connectivity index (χ0v) is 10.8. The van der Waals surface area contributed by atoms with E-state index in [-0.39, 0.29) is 5.56 Å². The lowest BCUT2D eigenvalue weighted by Gasteiger charge is -2.02. The van der Waals surface area contributed by atoms with Gasteiger partial charge in [0.2, 0.25) is 0 Å². The fourth-order valence-electron chi connectivity index (χ4n) is 1.81. The number of hydrogen-bond donors (Lipinski definition) is 1. The second-order valence-corrected chi connectivity index (χ2v) is 5.21. The number of hydrogen-bond acceptors (Lipinski definition) is 2. The van der Waals surface area contributed by atoms with E-state index in [4.69, 9.17) is 16.7 Å². The Balaban J connectivity index is 2.64. The van der Waals surface area contributed by atoms with E-state index >= 15 is 0 Å². The van der Waals surface area contributed by atoms with Gasteiger partial charge in [-0.25, -0.2) is 4.79 Å². The fraction of sp³-hybridized carbons (Fsp3) is 0.154. The number of carbonyl (C=O) groups is 1. The molecule has 0 radical (unpaired) electrons. The van der Waals surface area contributed by atoms with E-state index < -0.39 is 5.97 Å². The van der Waals surface area contributed by atoms with Crippen LogP contribution in [0, 0.1) is 0 Å². The highest BCUT2D eigenvalue weighted by Gasteiger charge is 2.21. The topological polar surface area (TPSA) is 37.3 Å². The Bertz CT molecular complexity index is 546. The molecule has 0 spiro atoms. The summed E-state index contributed by atoms with van der Waals surface area (Å²) in [6, 6.07) is 9.73. The Morgan fingerprint density at radius 3 is 2.53 bits per heavy atom. The first-order valence-corrected chi connectivity index (χ1v) is 6.44. The van der Waals surface area contributed by atoms with Crippen LogP contribution in [0.4, 0.5) is 0 Å². The molecule has 1 heterocycles. The summed E-state index contributed by atoms with van der Waals surface area (Å²) in [5, 5.41) is 9.16. The molecule has 0 aliphatic heterocycles. The highest BCUT2D eigenvalue weighted by molar-refractivity contribution is 7.20. The molecule has 2 aromatic rings. The van der Waals surface area contributed by atoms with Crippen molar-refractivity contribution in [2.45, 2.75) is 13.3 Å². The normalized spacial score (nSPS) is 10.5. The smallest absolute Gasteiger partial charge is 0.338 e. The first kappa shape index (κ1) is 12.1. The van der Waals surface area contributed by atoms with Crippen LogP contribution in [0.1, 0.15) is 22.8 Å². The van der Waals surface area contributed by atoms with Crippen molar-refractivity contribution in [1.29, 1.82) is 0 Å². The quantitative estimate of drug-likeness (QED) is 0.898. The van der Waals surface area contributed by atoms with Gasteiger partial charge >= 0.3 is 5.97 Å². The lowest BCUT2D eigenvalue weighted by molar-refractivity contribution is 0.0696. The summed E-state index contributed by atoms with van der Waals surface area (Å²) in [4.78, 5) is 12.1. The Labute approximate surface area is 108 Å². The minimum absolute atomic E-state index is 0.248. The average molecular weight is 267 g/mol. The van der Waals surface area contributed by atoms with Gasteiger partial charge < -0.3 is 5.11 Å². The molecule has 0 saturated carbocycles. The molecule has 17 heavy (non-hydrogen) atoms. The van der Waals surface area contributed by atoms with E-state index in [1.54, 1.807) is 0 Å². The number of rotatable bonds is 3. The summed E-state index contributed by atoms with van der Waals surface area (Å²) >= 11 is 7.34. The maximum Gasteiger partial charge on any atom is 0.338 e. The second-order valence-electron chi connectivity index (χ2n) is 3.58. The number of aromatic carboxylic acids is 1. The van der Waals surface area contributed by atoms with Crippen molar-refractivity contribution in [2.75, 3.05) is 0 Å². The highest BCUT2D eigenvalue weighted by Crippen LogP contribution is 2.39. The number of carboxylic acid groups (broad SMARTS) is 1. The van der Waals surface area contributed by atoms with Gasteiger partial charge in [0.05, 0.1) is 5.56 Å². The predicted octanol–water partition coefficient (Wildman–Crippen LogP) is 4.33. The number of carboxylic acids is 1. The lowest BCUT2D eigenvalue weighted by Crippen LogP contribution is -1.99. The molecule has 4 heteroatoms. The summed E-state index contributed by atoms with van der Waals surface area (Å²) in [7, 11) is 0. The lowest BCUT2D eigenvalue weighted by atomic mass is 10.0. The SMILES string of the molecule is CCc1c(-c2ccccc2)sc(Cl)c1C(=O)O. The molecule has 0 bridgehead atoms. The Morgan fingerprint density at radius 2 is 2.00 bits per heavy atom. The molecule has 0 saturated heterocycles. The van der Waals surface area contributed by atoms with E-state index in [0.29, 0.717) is 10.8 Å². The van der Waals surface area contributed by atoms with E-state index in [9.17, 15) is 4.79 Å². The Kier molecular flexibility index (Phi) is 3.50. The first-order chi connectivity index (χ1) is 8.15. The van der Waals surface area contributed by atoms with Crippen LogP contribution in [-0.4, -0.2) is 11.1 Å². The minimum Gasteiger partial charge on any atom is -0.478 e. The van der Waals surface area contributed by atoms with Crippen molar-refractivity contribution in [3.8, 4) is 10.4 Å². The molecule has 0 atom stereocenters. The third kappa shape index (κ3) is 2.21. The maximum atomic E-state index is 11.2. The third-order valence-electron chi connectivity index (χ3n) is 2.57. The van der Waals surface area contributed by atoms with Gasteiger partial charge in [-0.15, -0.1) is 11.3 Å². The molecule has 0 amide bonds. The largest absolute Gasteiger partial charge is 0.478 e. The van der Waals surface area contributed by atoms with Gasteiger partial charge in [0, 0.05) is 4.88 Å². The van der Waals surface area contributed by atoms with Crippen molar-refractivity contribution in [2.24, 2.45) is 0 Å². The van der Waals surface area contributed by atoms with Gasteiger partial charge in [0.15, 0.2) is 0 Å². The zero-order chi connectivity index (χ0) is 12.4. The van der Waals surface area contributed by atoms with E-state index in [1.165, 1.54) is 11.3 Å². The number of thiophene rings is 1. The van der Waals surface area contributed by atoms with Crippen LogP contribution in [-0.2, 0) is 6.42 Å². The van der Waals surface area contributed by atoms with E-state index in [2.05, 4.69) is 0 Å². The molecule has 0 aliphatic carbocycles. The van der Waals surface area contributed by atoms with Gasteiger partial charge in [-0.3, -0.25) is 0 Å². The minimum atomic E-state index is -0.953. The van der Waals surface area contributed by atoms with Crippen LogP contribution in [0.3, 0.4) is 0 Å². The molecule has 0 aliphatic rings. The maximum absolute atomic E-state index is 11.2. The highest BCUT2D eigenvalue weighted by atomic mass is 35.5. The molecule has 2 nitrogen and oxygen atoms in total. The van der Waals surface area contributed by atoms with Crippen LogP contribution in [0.5, 0.6) is 0 Å². The van der Waals surface area contributed by atoms with Gasteiger partial charge in [0.1, 0.15) is 4.34 Å². The van der Waals surface area contributed by atoms with Gasteiger partial charge in [-0.05, 0) is 17.5 Å². The van der Waals surface area contributed by atoms with Crippen LogP contribution >= 0.6 is 22.9 Å². The average Bonchev–Trinajstić information content (AvgIpc) is 2.67. The monoisotopic (exact) mass is 266 g/mol. The van der Waals surface area contributed by atoms with E-state index in [0.717, 1.165) is 16.0 Å². The molecular formula is C13H11ClO2S. The van der Waals surface area contributed by atoms with Crippen LogP contribution < -0.4 is 0 Å². The second kappa shape index (κ2) is 4.90. The molecule has 88 valence electrons. The van der Waals surface area contributed by atoms with E-state index in [1.807, 2.05) is 37.3 Å². The molecule has 0 unspecified atom stereocenters. The summed E-state index contributed by atoms with van der Waals surface area (Å²) in [5.41, 5.74) is 2.08. The van der Waals surface area contributed by atoms with Crippen LogP contribution in [0.25, 0.3) is 10.4 Å². The van der Waals surface area contributed by atoms with Crippen molar-refractivity contribution in [3.63, 3.8) is 0 Å².